The van der Waals surface area contributed by atoms with Gasteiger partial charge in [0, 0.05) is 25.3 Å². The minimum absolute atomic E-state index is 0.0828. The van der Waals surface area contributed by atoms with E-state index in [1.54, 1.807) is 0 Å². The highest BCUT2D eigenvalue weighted by molar-refractivity contribution is 6.24. The Balaban J connectivity index is 0.00000117. The molecule has 26 heavy (non-hydrogen) atoms. The number of benzene rings is 1. The van der Waals surface area contributed by atoms with Crippen molar-refractivity contribution < 1.29 is 9.90 Å². The molecule has 0 aliphatic carbocycles. The van der Waals surface area contributed by atoms with Crippen molar-refractivity contribution in [2.45, 2.75) is 58.5 Å². The Morgan fingerprint density at radius 2 is 2.08 bits per heavy atom. The first-order valence-electron chi connectivity index (χ1n) is 9.54. The third-order valence-electron chi connectivity index (χ3n) is 5.02. The Morgan fingerprint density at radius 3 is 2.69 bits per heavy atom. The number of aliphatic hydroxyl groups excluding tert-OH is 1. The van der Waals surface area contributed by atoms with Crippen molar-refractivity contribution in [3.05, 3.63) is 29.3 Å². The first kappa shape index (κ1) is 20.4. The van der Waals surface area contributed by atoms with Crippen molar-refractivity contribution in [3.8, 4) is 0 Å². The van der Waals surface area contributed by atoms with Gasteiger partial charge in [0.15, 0.2) is 0 Å². The van der Waals surface area contributed by atoms with Crippen molar-refractivity contribution in [3.63, 3.8) is 0 Å². The molecule has 3 atom stereocenters. The topological polar surface area (TPSA) is 91.0 Å². The maximum absolute atomic E-state index is 13.2. The molecule has 2 aliphatic heterocycles. The second-order valence-corrected chi connectivity index (χ2v) is 6.96. The summed E-state index contributed by atoms with van der Waals surface area (Å²) in [6, 6.07) is 6.56. The lowest BCUT2D eigenvalue weighted by Gasteiger charge is -2.35. The molecule has 0 bridgehead atoms. The zero-order valence-electron chi connectivity index (χ0n) is 16.3. The summed E-state index contributed by atoms with van der Waals surface area (Å²) in [6.45, 7) is 6.94. The number of nitrogens with one attached hydrogen (secondary N) is 1. The summed E-state index contributed by atoms with van der Waals surface area (Å²) < 4.78 is 0. The molecule has 6 nitrogen and oxygen atoms in total. The molecular weight excluding hydrogens is 328 g/mol. The number of aryl methyl sites for hydroxylation is 1. The second-order valence-electron chi connectivity index (χ2n) is 6.96. The normalized spacial score (nSPS) is 21.8. The van der Waals surface area contributed by atoms with E-state index in [9.17, 15) is 4.79 Å². The van der Waals surface area contributed by atoms with Crippen LogP contribution in [0.4, 0.5) is 5.69 Å². The van der Waals surface area contributed by atoms with Gasteiger partial charge in [-0.2, -0.15) is 5.10 Å². The highest BCUT2D eigenvalue weighted by atomic mass is 16.2. The van der Waals surface area contributed by atoms with Crippen molar-refractivity contribution in [2.75, 3.05) is 18.6 Å². The molecule has 2 heterocycles. The smallest absolute Gasteiger partial charge is 0.238 e. The lowest BCUT2D eigenvalue weighted by Crippen LogP contribution is -2.49. The summed E-state index contributed by atoms with van der Waals surface area (Å²) in [7, 11) is 1.00. The number of carbonyl (C=O) groups excluding carboxylic acids is 1. The Hall–Kier alpha value is -1.92. The van der Waals surface area contributed by atoms with Gasteiger partial charge in [-0.3, -0.25) is 4.79 Å². The fraction of sp³-hybridized carbons (Fsp3) is 0.600. The Bertz CT molecular complexity index is 657. The molecule has 0 saturated carbocycles. The maximum atomic E-state index is 13.2. The van der Waals surface area contributed by atoms with Gasteiger partial charge in [-0.05, 0) is 43.9 Å². The highest BCUT2D eigenvalue weighted by Gasteiger charge is 2.45. The Kier molecular flexibility index (Phi) is 7.17. The molecule has 6 heteroatoms. The zero-order valence-corrected chi connectivity index (χ0v) is 16.3. The molecule has 0 radical (unpaired) electrons. The number of nitrogens with two attached hydrogens (primary N) is 1. The molecule has 0 fully saturated rings. The van der Waals surface area contributed by atoms with Gasteiger partial charge in [-0.25, -0.2) is 0 Å². The zero-order chi connectivity index (χ0) is 19.3. The van der Waals surface area contributed by atoms with E-state index in [1.165, 1.54) is 5.56 Å². The Labute approximate surface area is 156 Å². The quantitative estimate of drug-likeness (QED) is 0.724. The van der Waals surface area contributed by atoms with E-state index in [0.717, 1.165) is 49.8 Å². The lowest BCUT2D eigenvalue weighted by atomic mass is 9.83. The SMILES string of the molecule is CCCC1NN=C2c3cc(CC)ccc3N(CCC(C)N)C(=O)C21.CO. The number of anilines is 1. The minimum atomic E-state index is -0.169. The monoisotopic (exact) mass is 360 g/mol. The van der Waals surface area contributed by atoms with E-state index in [0.29, 0.717) is 6.54 Å². The molecule has 4 N–H and O–H groups in total. The number of amides is 1. The number of rotatable bonds is 6. The summed E-state index contributed by atoms with van der Waals surface area (Å²) in [5.74, 6) is -0.00719. The van der Waals surface area contributed by atoms with Gasteiger partial charge in [0.25, 0.3) is 0 Å². The van der Waals surface area contributed by atoms with Crippen molar-refractivity contribution in [1.82, 2.24) is 5.43 Å². The fourth-order valence-electron chi connectivity index (χ4n) is 3.64. The van der Waals surface area contributed by atoms with Crippen LogP contribution in [-0.4, -0.2) is 42.5 Å². The van der Waals surface area contributed by atoms with E-state index in [4.69, 9.17) is 10.8 Å². The third kappa shape index (κ3) is 3.91. The average molecular weight is 361 g/mol. The van der Waals surface area contributed by atoms with Crippen LogP contribution in [0.1, 0.15) is 51.2 Å². The van der Waals surface area contributed by atoms with Crippen molar-refractivity contribution in [2.24, 2.45) is 16.8 Å². The molecule has 1 amide bonds. The molecule has 0 spiro atoms. The standard InChI is InChI=1S/C19H28N4O.CH4O/c1-4-6-15-17-18(22-21-15)14-11-13(5-2)7-8-16(14)23(19(17)24)10-9-12(3)20;1-2/h7-8,11-12,15,17,21H,4-6,9-10,20H2,1-3H3;2H,1H3. The van der Waals surface area contributed by atoms with Crippen LogP contribution in [0.25, 0.3) is 0 Å². The van der Waals surface area contributed by atoms with Crippen LogP contribution in [-0.2, 0) is 11.2 Å². The molecule has 144 valence electrons. The summed E-state index contributed by atoms with van der Waals surface area (Å²) in [6.07, 6.45) is 3.76. The predicted octanol–water partition coefficient (Wildman–Crippen LogP) is 2.03. The van der Waals surface area contributed by atoms with Gasteiger partial charge < -0.3 is 21.2 Å². The van der Waals surface area contributed by atoms with Gasteiger partial charge in [0.1, 0.15) is 5.92 Å². The van der Waals surface area contributed by atoms with Gasteiger partial charge in [-0.1, -0.05) is 26.3 Å². The van der Waals surface area contributed by atoms with Crippen LogP contribution in [0, 0.1) is 5.92 Å². The molecule has 2 aliphatic rings. The second kappa shape index (κ2) is 9.14. The van der Waals surface area contributed by atoms with Crippen LogP contribution in [0.2, 0.25) is 0 Å². The predicted molar refractivity (Wildman–Crippen MR) is 106 cm³/mol. The van der Waals surface area contributed by atoms with Gasteiger partial charge in [0.2, 0.25) is 5.91 Å². The number of aliphatic hydroxyl groups is 1. The van der Waals surface area contributed by atoms with Gasteiger partial charge >= 0.3 is 0 Å². The highest BCUT2D eigenvalue weighted by Crippen LogP contribution is 2.36. The van der Waals surface area contributed by atoms with Crippen molar-refractivity contribution >= 4 is 17.3 Å². The van der Waals surface area contributed by atoms with E-state index < -0.39 is 0 Å². The first-order valence-corrected chi connectivity index (χ1v) is 9.54. The van der Waals surface area contributed by atoms with Gasteiger partial charge in [0.05, 0.1) is 17.4 Å². The van der Waals surface area contributed by atoms with Crippen LogP contribution in [0.15, 0.2) is 23.3 Å². The van der Waals surface area contributed by atoms with E-state index in [-0.39, 0.29) is 23.9 Å². The van der Waals surface area contributed by atoms with Crippen LogP contribution in [0.5, 0.6) is 0 Å². The fourth-order valence-corrected chi connectivity index (χ4v) is 3.64. The lowest BCUT2D eigenvalue weighted by molar-refractivity contribution is -0.121. The number of hydrogen-bond acceptors (Lipinski definition) is 5. The van der Waals surface area contributed by atoms with E-state index >= 15 is 0 Å². The summed E-state index contributed by atoms with van der Waals surface area (Å²) in [5.41, 5.74) is 13.4. The van der Waals surface area contributed by atoms with E-state index in [2.05, 4.69) is 42.6 Å². The Morgan fingerprint density at radius 1 is 1.35 bits per heavy atom. The molecule has 1 aromatic carbocycles. The van der Waals surface area contributed by atoms with Crippen LogP contribution >= 0.6 is 0 Å². The van der Waals surface area contributed by atoms with E-state index in [1.807, 2.05) is 11.8 Å². The number of nitrogens with zero attached hydrogens (tertiary/aromatic N) is 2. The molecule has 1 aromatic rings. The number of hydrazone groups is 1. The summed E-state index contributed by atoms with van der Waals surface area (Å²) in [4.78, 5) is 15.1. The molecule has 3 rings (SSSR count). The molecule has 3 unspecified atom stereocenters. The maximum Gasteiger partial charge on any atom is 0.238 e. The largest absolute Gasteiger partial charge is 0.400 e. The first-order chi connectivity index (χ1) is 12.6. The number of carbonyl (C=O) groups is 1. The van der Waals surface area contributed by atoms with Gasteiger partial charge in [-0.15, -0.1) is 0 Å². The average Bonchev–Trinajstić information content (AvgIpc) is 3.07. The van der Waals surface area contributed by atoms with Crippen LogP contribution < -0.4 is 16.1 Å². The minimum Gasteiger partial charge on any atom is -0.400 e. The summed E-state index contributed by atoms with van der Waals surface area (Å²) >= 11 is 0. The van der Waals surface area contributed by atoms with Crippen LogP contribution in [0.3, 0.4) is 0 Å². The van der Waals surface area contributed by atoms with Crippen molar-refractivity contribution in [1.29, 1.82) is 0 Å². The number of fused-ring (bicyclic) bond motifs is 3. The summed E-state index contributed by atoms with van der Waals surface area (Å²) in [5, 5.41) is 11.5. The molecular formula is C20H32N4O2. The third-order valence-corrected chi connectivity index (χ3v) is 5.02. The number of hydrogen-bond donors (Lipinski definition) is 3. The molecule has 0 aromatic heterocycles. The molecule has 0 saturated heterocycles.